The Labute approximate surface area is 109 Å². The first-order chi connectivity index (χ1) is 8.45. The summed E-state index contributed by atoms with van der Waals surface area (Å²) in [6.45, 7) is 4.12. The van der Waals surface area contributed by atoms with Crippen LogP contribution in [-0.4, -0.2) is 26.0 Å². The number of carbonyl (C=O) groups is 1. The number of hydrogen-bond donors (Lipinski definition) is 2. The summed E-state index contributed by atoms with van der Waals surface area (Å²) in [6.07, 6.45) is 0.958. The monoisotopic (exact) mass is 249 g/mol. The fourth-order valence-electron chi connectivity index (χ4n) is 1.71. The first-order valence-corrected chi connectivity index (χ1v) is 6.28. The van der Waals surface area contributed by atoms with E-state index in [1.165, 1.54) is 0 Å². The minimum Gasteiger partial charge on any atom is -0.378 e. The van der Waals surface area contributed by atoms with Crippen molar-refractivity contribution >= 4 is 11.6 Å². The van der Waals surface area contributed by atoms with Crippen LogP contribution in [0.3, 0.4) is 0 Å². The zero-order chi connectivity index (χ0) is 13.7. The number of carbonyl (C=O) groups excluding carboxylic acids is 1. The number of benzene rings is 1. The number of hydrogen-bond acceptors (Lipinski definition) is 3. The van der Waals surface area contributed by atoms with Crippen molar-refractivity contribution in [1.82, 2.24) is 5.32 Å². The molecule has 18 heavy (non-hydrogen) atoms. The number of nitrogens with one attached hydrogen (secondary N) is 1. The van der Waals surface area contributed by atoms with Crippen LogP contribution < -0.4 is 16.0 Å². The van der Waals surface area contributed by atoms with E-state index >= 15 is 0 Å². The van der Waals surface area contributed by atoms with Crippen molar-refractivity contribution in [1.29, 1.82) is 0 Å². The largest absolute Gasteiger partial charge is 0.378 e. The van der Waals surface area contributed by atoms with Gasteiger partial charge >= 0.3 is 0 Å². The van der Waals surface area contributed by atoms with Gasteiger partial charge in [0.05, 0.1) is 0 Å². The molecule has 4 nitrogen and oxygen atoms in total. The summed E-state index contributed by atoms with van der Waals surface area (Å²) in [4.78, 5) is 13.5. The van der Waals surface area contributed by atoms with Crippen molar-refractivity contribution in [3.8, 4) is 0 Å². The van der Waals surface area contributed by atoms with E-state index in [0.717, 1.165) is 17.7 Å². The second-order valence-corrected chi connectivity index (χ2v) is 4.80. The zero-order valence-electron chi connectivity index (χ0n) is 11.6. The summed E-state index contributed by atoms with van der Waals surface area (Å²) in [6, 6.07) is 7.71. The van der Waals surface area contributed by atoms with Crippen molar-refractivity contribution in [2.45, 2.75) is 32.4 Å². The first kappa shape index (κ1) is 14.5. The van der Waals surface area contributed by atoms with Crippen LogP contribution in [-0.2, 0) is 4.79 Å². The van der Waals surface area contributed by atoms with Crippen molar-refractivity contribution in [2.24, 2.45) is 5.73 Å². The van der Waals surface area contributed by atoms with Crippen LogP contribution in [0.2, 0.25) is 0 Å². The maximum Gasteiger partial charge on any atom is 0.239 e. The number of nitrogens with zero attached hydrogens (tertiary/aromatic N) is 1. The van der Waals surface area contributed by atoms with Crippen LogP contribution in [0.1, 0.15) is 31.9 Å². The third kappa shape index (κ3) is 3.74. The van der Waals surface area contributed by atoms with E-state index in [9.17, 15) is 4.79 Å². The summed E-state index contributed by atoms with van der Waals surface area (Å²) in [5, 5.41) is 3.24. The van der Waals surface area contributed by atoms with Crippen LogP contribution in [0, 0.1) is 0 Å². The molecular formula is C14H23N3O. The Kier molecular flexibility index (Phi) is 5.16. The topological polar surface area (TPSA) is 58.4 Å². The van der Waals surface area contributed by atoms with Gasteiger partial charge in [0.1, 0.15) is 6.04 Å². The van der Waals surface area contributed by atoms with Crippen molar-refractivity contribution in [3.63, 3.8) is 0 Å². The molecule has 1 aromatic rings. The van der Waals surface area contributed by atoms with Gasteiger partial charge in [0.25, 0.3) is 0 Å². The molecule has 2 unspecified atom stereocenters. The van der Waals surface area contributed by atoms with E-state index in [1.807, 2.05) is 50.2 Å². The molecule has 0 bridgehead atoms. The first-order valence-electron chi connectivity index (χ1n) is 6.28. The third-order valence-corrected chi connectivity index (χ3v) is 3.09. The molecule has 0 heterocycles. The lowest BCUT2D eigenvalue weighted by Crippen LogP contribution is -2.38. The minimum atomic E-state index is -0.420. The molecule has 2 atom stereocenters. The molecule has 1 rings (SSSR count). The maximum absolute atomic E-state index is 11.5. The van der Waals surface area contributed by atoms with E-state index < -0.39 is 6.04 Å². The molecule has 100 valence electrons. The number of anilines is 1. The molecule has 0 aromatic heterocycles. The Balaban J connectivity index is 2.89. The second-order valence-electron chi connectivity index (χ2n) is 4.80. The quantitative estimate of drug-likeness (QED) is 0.806. The van der Waals surface area contributed by atoms with Crippen LogP contribution in [0.15, 0.2) is 24.3 Å². The van der Waals surface area contributed by atoms with E-state index in [1.54, 1.807) is 0 Å². The summed E-state index contributed by atoms with van der Waals surface area (Å²) < 4.78 is 0. The highest BCUT2D eigenvalue weighted by Gasteiger charge is 2.19. The van der Waals surface area contributed by atoms with Crippen molar-refractivity contribution in [2.75, 3.05) is 19.0 Å². The fraction of sp³-hybridized carbons (Fsp3) is 0.500. The lowest BCUT2D eigenvalue weighted by Gasteiger charge is -2.21. The molecule has 1 aromatic carbocycles. The summed E-state index contributed by atoms with van der Waals surface area (Å²) >= 11 is 0. The van der Waals surface area contributed by atoms with Gasteiger partial charge in [0.2, 0.25) is 5.91 Å². The van der Waals surface area contributed by atoms with Crippen molar-refractivity contribution < 1.29 is 4.79 Å². The molecule has 4 heteroatoms. The predicted molar refractivity (Wildman–Crippen MR) is 75.6 cm³/mol. The minimum absolute atomic E-state index is 0.260. The third-order valence-electron chi connectivity index (χ3n) is 3.09. The smallest absolute Gasteiger partial charge is 0.239 e. The summed E-state index contributed by atoms with van der Waals surface area (Å²) in [5.74, 6) is -0.340. The fourth-order valence-corrected chi connectivity index (χ4v) is 1.71. The molecule has 0 spiro atoms. The van der Waals surface area contributed by atoms with Gasteiger partial charge in [-0.25, -0.2) is 0 Å². The lowest BCUT2D eigenvalue weighted by molar-refractivity contribution is -0.120. The Morgan fingerprint density at radius 3 is 2.28 bits per heavy atom. The average Bonchev–Trinajstić information content (AvgIpc) is 2.35. The molecule has 0 saturated carbocycles. The van der Waals surface area contributed by atoms with Gasteiger partial charge < -0.3 is 10.6 Å². The van der Waals surface area contributed by atoms with Gasteiger partial charge in [-0.1, -0.05) is 19.1 Å². The van der Waals surface area contributed by atoms with Gasteiger partial charge in [-0.15, -0.1) is 0 Å². The Bertz CT molecular complexity index is 387. The Hall–Kier alpha value is -1.55. The number of amides is 1. The standard InChI is InChI=1S/C14H23N3O/c1-5-10(2)16-13(14(15)18)11-6-8-12(9-7-11)17(3)4/h6-10,13,16H,5H2,1-4H3,(H2,15,18). The molecule has 0 radical (unpaired) electrons. The van der Waals surface area contributed by atoms with Crippen LogP contribution in [0.4, 0.5) is 5.69 Å². The summed E-state index contributed by atoms with van der Waals surface area (Å²) in [7, 11) is 3.97. The zero-order valence-corrected chi connectivity index (χ0v) is 11.6. The van der Waals surface area contributed by atoms with Crippen molar-refractivity contribution in [3.05, 3.63) is 29.8 Å². The molecule has 3 N–H and O–H groups in total. The van der Waals surface area contributed by atoms with Gasteiger partial charge in [-0.2, -0.15) is 0 Å². The molecule has 1 amide bonds. The molecule has 0 aliphatic carbocycles. The van der Waals surface area contributed by atoms with Gasteiger partial charge in [0.15, 0.2) is 0 Å². The Morgan fingerprint density at radius 2 is 1.89 bits per heavy atom. The van der Waals surface area contributed by atoms with Gasteiger partial charge in [-0.3, -0.25) is 10.1 Å². The van der Waals surface area contributed by atoms with E-state index in [2.05, 4.69) is 12.2 Å². The van der Waals surface area contributed by atoms with Crippen LogP contribution >= 0.6 is 0 Å². The van der Waals surface area contributed by atoms with Gasteiger partial charge in [0, 0.05) is 25.8 Å². The molecular weight excluding hydrogens is 226 g/mol. The highest BCUT2D eigenvalue weighted by Crippen LogP contribution is 2.18. The highest BCUT2D eigenvalue weighted by atomic mass is 16.1. The lowest BCUT2D eigenvalue weighted by atomic mass is 10.0. The maximum atomic E-state index is 11.5. The molecule has 0 aliphatic rings. The SMILES string of the molecule is CCC(C)NC(C(N)=O)c1ccc(N(C)C)cc1. The number of rotatable bonds is 6. The Morgan fingerprint density at radius 1 is 1.33 bits per heavy atom. The molecule has 0 aliphatic heterocycles. The van der Waals surface area contributed by atoms with E-state index in [4.69, 9.17) is 5.73 Å². The predicted octanol–water partition coefficient (Wildman–Crippen LogP) is 1.67. The van der Waals surface area contributed by atoms with Crippen LogP contribution in [0.25, 0.3) is 0 Å². The van der Waals surface area contributed by atoms with E-state index in [0.29, 0.717) is 0 Å². The van der Waals surface area contributed by atoms with Gasteiger partial charge in [-0.05, 0) is 31.0 Å². The van der Waals surface area contributed by atoms with Crippen LogP contribution in [0.5, 0.6) is 0 Å². The number of primary amides is 1. The summed E-state index contributed by atoms with van der Waals surface area (Å²) in [5.41, 5.74) is 7.47. The highest BCUT2D eigenvalue weighted by molar-refractivity contribution is 5.81. The van der Waals surface area contributed by atoms with E-state index in [-0.39, 0.29) is 11.9 Å². The normalized spacial score (nSPS) is 14.0. The molecule has 0 saturated heterocycles. The average molecular weight is 249 g/mol. The number of nitrogens with two attached hydrogens (primary N) is 1. The second kappa shape index (κ2) is 6.40. The molecule has 0 fully saturated rings.